The third-order valence-electron chi connectivity index (χ3n) is 13.0. The van der Waals surface area contributed by atoms with E-state index in [0.717, 1.165) is 12.8 Å². The number of aryl methyl sites for hydroxylation is 4. The summed E-state index contributed by atoms with van der Waals surface area (Å²) in [5.74, 6) is 0. The average molecular weight is 796 g/mol. The second kappa shape index (κ2) is 12.9. The van der Waals surface area contributed by atoms with Gasteiger partial charge in [-0.15, -0.1) is 0 Å². The Hall–Kier alpha value is -6.16. The van der Waals surface area contributed by atoms with Crippen molar-refractivity contribution in [3.63, 3.8) is 0 Å². The molecule has 0 atom stereocenters. The van der Waals surface area contributed by atoms with Crippen LogP contribution in [-0.2, 0) is 38.5 Å². The van der Waals surface area contributed by atoms with Gasteiger partial charge in [-0.1, -0.05) is 125 Å². The first-order valence-electron chi connectivity index (χ1n) is 20.3. The molecule has 4 aliphatic carbocycles. The number of nitrogens with one attached hydrogen (secondary N) is 1. The number of rotatable bonds is 1. The van der Waals surface area contributed by atoms with E-state index in [9.17, 15) is 0 Å². The Morgan fingerprint density at radius 3 is 1.68 bits per heavy atom. The second-order valence-corrected chi connectivity index (χ2v) is 17.0. The molecule has 0 unspecified atom stereocenters. The maximum Gasteiger partial charge on any atom is 0.0544 e. The Bertz CT molecular complexity index is 3270. The lowest BCUT2D eigenvalue weighted by Gasteiger charge is -2.20. The van der Waals surface area contributed by atoms with Crippen molar-refractivity contribution in [2.45, 2.75) is 38.5 Å². The fourth-order valence-corrected chi connectivity index (χ4v) is 10.4. The largest absolute Gasteiger partial charge is 0.355 e. The summed E-state index contributed by atoms with van der Waals surface area (Å²) in [6.07, 6.45) is 7.07. The lowest BCUT2D eigenvalue weighted by Crippen LogP contribution is -2.09. The third-order valence-corrected chi connectivity index (χ3v) is 13.5. The molecular weight excluding hydrogens is 757 g/mol. The molecule has 10 aromatic rings. The van der Waals surface area contributed by atoms with Crippen LogP contribution in [0.25, 0.3) is 71.6 Å². The number of aromatic nitrogens is 2. The van der Waals surface area contributed by atoms with Gasteiger partial charge in [0.2, 0.25) is 0 Å². The van der Waals surface area contributed by atoms with Gasteiger partial charge in [0.25, 0.3) is 0 Å². The molecule has 0 saturated heterocycles. The number of fused-ring (bicyclic) bond motifs is 16. The van der Waals surface area contributed by atoms with Gasteiger partial charge >= 0.3 is 0 Å². The summed E-state index contributed by atoms with van der Waals surface area (Å²) in [6, 6.07) is 57.8. The highest BCUT2D eigenvalue weighted by atomic mass is 79.9. The molecule has 1 N–H and O–H groups in total. The molecule has 0 aliphatic heterocycles. The van der Waals surface area contributed by atoms with Gasteiger partial charge in [-0.05, 0) is 154 Å². The molecule has 0 radical (unpaired) electrons. The Morgan fingerprint density at radius 1 is 0.404 bits per heavy atom. The smallest absolute Gasteiger partial charge is 0.0544 e. The quantitative estimate of drug-likeness (QED) is 0.171. The van der Waals surface area contributed by atoms with Crippen LogP contribution in [0.2, 0.25) is 0 Å². The number of H-pyrrole nitrogens is 1. The fourth-order valence-electron chi connectivity index (χ4n) is 10.0. The van der Waals surface area contributed by atoms with Gasteiger partial charge in [0, 0.05) is 42.7 Å². The predicted octanol–water partition coefficient (Wildman–Crippen LogP) is 13.9. The molecule has 272 valence electrons. The second-order valence-electron chi connectivity index (χ2n) is 16.1. The number of benzene rings is 8. The first-order chi connectivity index (χ1) is 28.2. The summed E-state index contributed by atoms with van der Waals surface area (Å²) >= 11 is 3.43. The van der Waals surface area contributed by atoms with E-state index in [1.165, 1.54) is 146 Å². The van der Waals surface area contributed by atoms with E-state index in [1.807, 2.05) is 0 Å². The minimum Gasteiger partial charge on any atom is -0.355 e. The zero-order valence-electron chi connectivity index (χ0n) is 31.6. The first kappa shape index (κ1) is 33.0. The van der Waals surface area contributed by atoms with Crippen LogP contribution in [0.4, 0.5) is 0 Å². The van der Waals surface area contributed by atoms with Crippen molar-refractivity contribution in [2.75, 3.05) is 0 Å². The summed E-state index contributed by atoms with van der Waals surface area (Å²) in [7, 11) is 0. The molecule has 8 aromatic carbocycles. The van der Waals surface area contributed by atoms with Crippen LogP contribution >= 0.6 is 15.9 Å². The minimum absolute atomic E-state index is 1.03. The zero-order chi connectivity index (χ0) is 37.6. The van der Waals surface area contributed by atoms with Crippen molar-refractivity contribution in [3.05, 3.63) is 207 Å². The van der Waals surface area contributed by atoms with Crippen LogP contribution in [0.3, 0.4) is 0 Å². The van der Waals surface area contributed by atoms with Gasteiger partial charge in [-0.25, -0.2) is 0 Å². The van der Waals surface area contributed by atoms with E-state index < -0.39 is 0 Å². The zero-order valence-corrected chi connectivity index (χ0v) is 33.2. The number of halogens is 1. The summed E-state index contributed by atoms with van der Waals surface area (Å²) in [5, 5.41) is 5.53. The predicted molar refractivity (Wildman–Crippen MR) is 242 cm³/mol. The number of aromatic amines is 1. The number of hydrogen-bond donors (Lipinski definition) is 1. The molecule has 0 fully saturated rings. The number of nitrogens with zero attached hydrogens (tertiary/aromatic N) is 1. The minimum atomic E-state index is 1.03. The molecule has 2 heterocycles. The van der Waals surface area contributed by atoms with Gasteiger partial charge in [0.15, 0.2) is 0 Å². The molecule has 4 aliphatic rings. The standard InChI is InChI=1S/C27H19N.C19H13N.C8H7Br/c1-2-6-21-19(5-1)16-24-22(21)13-14-26-27(24)23-7-3-4-8-25(23)28(26)20-12-11-17-9-10-18(17)15-20;1-2-6-13-12(5-1)11-16-14(13)9-10-18-19(16)15-7-3-4-8-17(15)20-18;9-8-4-3-6-1-2-7(6)5-8/h1-8,11-15H,9-10,16H2;1-10,20H,11H2;3-5H,1-2H2. The fraction of sp³-hybridized carbons (Fsp3) is 0.111. The van der Waals surface area contributed by atoms with Crippen LogP contribution < -0.4 is 0 Å². The summed E-state index contributed by atoms with van der Waals surface area (Å²) in [4.78, 5) is 3.53. The van der Waals surface area contributed by atoms with Crippen molar-refractivity contribution in [1.82, 2.24) is 9.55 Å². The van der Waals surface area contributed by atoms with Crippen molar-refractivity contribution in [3.8, 4) is 27.9 Å². The monoisotopic (exact) mass is 794 g/mol. The summed E-state index contributed by atoms with van der Waals surface area (Å²) in [6.45, 7) is 0. The Labute approximate surface area is 340 Å². The molecule has 0 bridgehead atoms. The van der Waals surface area contributed by atoms with Gasteiger partial charge in [-0.3, -0.25) is 0 Å². The van der Waals surface area contributed by atoms with Crippen molar-refractivity contribution >= 4 is 59.5 Å². The van der Waals surface area contributed by atoms with E-state index in [4.69, 9.17) is 0 Å². The van der Waals surface area contributed by atoms with E-state index >= 15 is 0 Å². The van der Waals surface area contributed by atoms with Gasteiger partial charge < -0.3 is 9.55 Å². The van der Waals surface area contributed by atoms with Crippen molar-refractivity contribution in [1.29, 1.82) is 0 Å². The lowest BCUT2D eigenvalue weighted by atomic mass is 9.88. The van der Waals surface area contributed by atoms with Crippen molar-refractivity contribution in [2.24, 2.45) is 0 Å². The maximum absolute atomic E-state index is 3.53. The highest BCUT2D eigenvalue weighted by Crippen LogP contribution is 2.45. The van der Waals surface area contributed by atoms with Crippen molar-refractivity contribution < 1.29 is 0 Å². The topological polar surface area (TPSA) is 20.7 Å². The van der Waals surface area contributed by atoms with Gasteiger partial charge in [0.1, 0.15) is 0 Å². The first-order valence-corrected chi connectivity index (χ1v) is 21.1. The van der Waals surface area contributed by atoms with E-state index in [1.54, 1.807) is 0 Å². The molecule has 3 heteroatoms. The highest BCUT2D eigenvalue weighted by Gasteiger charge is 2.25. The number of para-hydroxylation sites is 2. The average Bonchev–Trinajstić information content (AvgIpc) is 3.99. The molecule has 14 rings (SSSR count). The Balaban J connectivity index is 0.000000106. The molecule has 0 spiro atoms. The number of hydrogen-bond acceptors (Lipinski definition) is 0. The third kappa shape index (κ3) is 5.22. The molecule has 2 aromatic heterocycles. The Kier molecular flexibility index (Phi) is 7.50. The van der Waals surface area contributed by atoms with Gasteiger partial charge in [0.05, 0.1) is 11.0 Å². The van der Waals surface area contributed by atoms with E-state index in [-0.39, 0.29) is 0 Å². The summed E-state index contributed by atoms with van der Waals surface area (Å²) < 4.78 is 3.67. The highest BCUT2D eigenvalue weighted by molar-refractivity contribution is 9.10. The molecular formula is C54H39BrN2. The van der Waals surface area contributed by atoms with Crippen LogP contribution in [-0.4, -0.2) is 9.55 Å². The lowest BCUT2D eigenvalue weighted by molar-refractivity contribution is 0.836. The van der Waals surface area contributed by atoms with Crippen LogP contribution in [0.1, 0.15) is 44.5 Å². The molecule has 57 heavy (non-hydrogen) atoms. The normalized spacial score (nSPS) is 13.6. The van der Waals surface area contributed by atoms with Crippen LogP contribution in [0.15, 0.2) is 162 Å². The summed E-state index contributed by atoms with van der Waals surface area (Å²) in [5.41, 5.74) is 23.9. The Morgan fingerprint density at radius 2 is 1.00 bits per heavy atom. The van der Waals surface area contributed by atoms with Crippen LogP contribution in [0, 0.1) is 0 Å². The van der Waals surface area contributed by atoms with Gasteiger partial charge in [-0.2, -0.15) is 0 Å². The maximum atomic E-state index is 3.53. The van der Waals surface area contributed by atoms with E-state index in [0.29, 0.717) is 0 Å². The molecule has 0 saturated carbocycles. The molecule has 2 nitrogen and oxygen atoms in total. The SMILES string of the molecule is Brc1ccc2c(c1)CC2.c1ccc2c(c1)Cc1c-2ccc2[nH]c3ccccc3c12.c1ccc2c(c1)Cc1c-2ccc2c1c1ccccc1n2-c1ccc2c(c1)CC2. The van der Waals surface area contributed by atoms with E-state index in [2.05, 4.69) is 183 Å². The van der Waals surface area contributed by atoms with Crippen LogP contribution in [0.5, 0.6) is 0 Å². The molecule has 0 amide bonds.